The number of aromatic carboxylic acids is 1. The van der Waals surface area contributed by atoms with E-state index in [1.807, 2.05) is 13.8 Å². The van der Waals surface area contributed by atoms with Crippen LogP contribution in [0.25, 0.3) is 0 Å². The van der Waals surface area contributed by atoms with Gasteiger partial charge in [0.1, 0.15) is 17.1 Å². The zero-order chi connectivity index (χ0) is 17.5. The average molecular weight is 332 g/mol. The number of halogens is 1. The number of hydrogen-bond donors (Lipinski definition) is 2. The van der Waals surface area contributed by atoms with Crippen molar-refractivity contribution in [2.75, 3.05) is 0 Å². The quantitative estimate of drug-likeness (QED) is 0.896. The van der Waals surface area contributed by atoms with Gasteiger partial charge in [-0.25, -0.2) is 9.18 Å². The molecule has 0 aromatic heterocycles. The summed E-state index contributed by atoms with van der Waals surface area (Å²) in [5.74, 6) is -1.10. The molecule has 0 amide bonds. The lowest BCUT2D eigenvalue weighted by molar-refractivity contribution is 0.0695. The van der Waals surface area contributed by atoms with Gasteiger partial charge in [0.05, 0.1) is 12.2 Å². The number of benzene rings is 2. The van der Waals surface area contributed by atoms with Crippen LogP contribution in [0, 0.1) is 5.82 Å². The third kappa shape index (κ3) is 3.05. The molecule has 0 saturated carbocycles. The monoisotopic (exact) mass is 332 g/mol. The molecule has 126 valence electrons. The second-order valence-corrected chi connectivity index (χ2v) is 6.32. The molecule has 0 fully saturated rings. The van der Waals surface area contributed by atoms with Crippen molar-refractivity contribution in [1.29, 1.82) is 0 Å². The maximum absolute atomic E-state index is 14.1. The van der Waals surface area contributed by atoms with E-state index in [9.17, 15) is 14.3 Å². The molecular weight excluding hydrogens is 315 g/mol. The van der Waals surface area contributed by atoms with Gasteiger partial charge in [0, 0.05) is 12.0 Å². The molecule has 1 aliphatic heterocycles. The van der Waals surface area contributed by atoms with Crippen LogP contribution in [0.3, 0.4) is 0 Å². The molecule has 1 heterocycles. The van der Waals surface area contributed by atoms with Crippen molar-refractivity contribution in [3.05, 3.63) is 52.8 Å². The van der Waals surface area contributed by atoms with E-state index < -0.39 is 17.4 Å². The fraction of sp³-hybridized carbons (Fsp3) is 0.278. The van der Waals surface area contributed by atoms with Gasteiger partial charge in [-0.1, -0.05) is 6.07 Å². The summed E-state index contributed by atoms with van der Waals surface area (Å²) >= 11 is 0. The SMILES string of the molecule is CC1(C)Cc2c(Oc3ccc(CO)cc3F)cc(C(=O)O)cc2O1. The normalized spacial score (nSPS) is 14.8. The minimum atomic E-state index is -1.12. The molecule has 2 aromatic rings. The summed E-state index contributed by atoms with van der Waals surface area (Å²) in [6, 6.07) is 6.94. The van der Waals surface area contributed by atoms with Crippen LogP contribution in [0.4, 0.5) is 4.39 Å². The highest BCUT2D eigenvalue weighted by Gasteiger charge is 2.34. The van der Waals surface area contributed by atoms with E-state index in [1.54, 1.807) is 6.07 Å². The molecular formula is C18H17FO5. The van der Waals surface area contributed by atoms with Crippen molar-refractivity contribution in [3.63, 3.8) is 0 Å². The largest absolute Gasteiger partial charge is 0.487 e. The van der Waals surface area contributed by atoms with Gasteiger partial charge >= 0.3 is 5.97 Å². The molecule has 0 saturated heterocycles. The van der Waals surface area contributed by atoms with E-state index in [1.165, 1.54) is 24.3 Å². The first-order valence-electron chi connectivity index (χ1n) is 7.45. The lowest BCUT2D eigenvalue weighted by atomic mass is 10.00. The second kappa shape index (κ2) is 5.79. The molecule has 0 aliphatic carbocycles. The molecule has 0 spiro atoms. The van der Waals surface area contributed by atoms with E-state index in [0.717, 1.165) is 0 Å². The fourth-order valence-electron chi connectivity index (χ4n) is 2.70. The molecule has 6 heteroatoms. The number of aliphatic hydroxyl groups is 1. The van der Waals surface area contributed by atoms with Crippen LogP contribution < -0.4 is 9.47 Å². The zero-order valence-electron chi connectivity index (χ0n) is 13.3. The maximum atomic E-state index is 14.1. The Bertz CT molecular complexity index is 813. The number of carboxylic acid groups (broad SMARTS) is 1. The van der Waals surface area contributed by atoms with E-state index in [2.05, 4.69) is 0 Å². The summed E-state index contributed by atoms with van der Waals surface area (Å²) in [5.41, 5.74) is 0.648. The minimum Gasteiger partial charge on any atom is -0.487 e. The highest BCUT2D eigenvalue weighted by atomic mass is 19.1. The molecule has 0 bridgehead atoms. The molecule has 24 heavy (non-hydrogen) atoms. The summed E-state index contributed by atoms with van der Waals surface area (Å²) in [5, 5.41) is 18.3. The van der Waals surface area contributed by atoms with Crippen molar-refractivity contribution < 1.29 is 28.9 Å². The molecule has 3 rings (SSSR count). The summed E-state index contributed by atoms with van der Waals surface area (Å²) in [6.45, 7) is 3.49. The van der Waals surface area contributed by atoms with Crippen molar-refractivity contribution in [1.82, 2.24) is 0 Å². The third-order valence-corrected chi connectivity index (χ3v) is 3.80. The molecule has 2 N–H and O–H groups in total. The fourth-order valence-corrected chi connectivity index (χ4v) is 2.70. The van der Waals surface area contributed by atoms with Gasteiger partial charge in [-0.15, -0.1) is 0 Å². The third-order valence-electron chi connectivity index (χ3n) is 3.80. The highest BCUT2D eigenvalue weighted by Crippen LogP contribution is 2.43. The standard InChI is InChI=1S/C18H17FO5/c1-18(2)8-12-15(6-11(17(21)22)7-16(12)24-18)23-14-4-3-10(9-20)5-13(14)19/h3-7,20H,8-9H2,1-2H3,(H,21,22). The van der Waals surface area contributed by atoms with Crippen LogP contribution in [0.1, 0.15) is 35.3 Å². The Balaban J connectivity index is 2.03. The first kappa shape index (κ1) is 16.3. The maximum Gasteiger partial charge on any atom is 0.335 e. The van der Waals surface area contributed by atoms with Gasteiger partial charge in [0.25, 0.3) is 0 Å². The van der Waals surface area contributed by atoms with Gasteiger partial charge in [-0.05, 0) is 43.7 Å². The van der Waals surface area contributed by atoms with Crippen LogP contribution in [-0.4, -0.2) is 21.8 Å². The van der Waals surface area contributed by atoms with Gasteiger partial charge in [0.15, 0.2) is 11.6 Å². The van der Waals surface area contributed by atoms with E-state index >= 15 is 0 Å². The topological polar surface area (TPSA) is 76.0 Å². The number of carboxylic acids is 1. The Kier molecular flexibility index (Phi) is 3.93. The van der Waals surface area contributed by atoms with Crippen molar-refractivity contribution in [2.45, 2.75) is 32.5 Å². The Morgan fingerprint density at radius 3 is 2.67 bits per heavy atom. The summed E-state index contributed by atoms with van der Waals surface area (Å²) in [6.07, 6.45) is 0.522. The average Bonchev–Trinajstić information content (AvgIpc) is 2.83. The van der Waals surface area contributed by atoms with Crippen LogP contribution in [0.2, 0.25) is 0 Å². The molecule has 5 nitrogen and oxygen atoms in total. The van der Waals surface area contributed by atoms with Crippen LogP contribution in [0.5, 0.6) is 17.2 Å². The first-order chi connectivity index (χ1) is 11.3. The first-order valence-corrected chi connectivity index (χ1v) is 7.45. The van der Waals surface area contributed by atoms with Gasteiger partial charge < -0.3 is 19.7 Å². The van der Waals surface area contributed by atoms with Crippen molar-refractivity contribution in [3.8, 4) is 17.2 Å². The Morgan fingerprint density at radius 1 is 1.29 bits per heavy atom. The number of fused-ring (bicyclic) bond motifs is 1. The molecule has 0 atom stereocenters. The zero-order valence-corrected chi connectivity index (χ0v) is 13.3. The number of hydrogen-bond acceptors (Lipinski definition) is 4. The molecule has 0 unspecified atom stereocenters. The lowest BCUT2D eigenvalue weighted by Gasteiger charge is -2.16. The minimum absolute atomic E-state index is 0.00818. The van der Waals surface area contributed by atoms with Gasteiger partial charge in [-0.3, -0.25) is 0 Å². The number of aliphatic hydroxyl groups excluding tert-OH is 1. The predicted molar refractivity (Wildman–Crippen MR) is 84.2 cm³/mol. The number of ether oxygens (including phenoxy) is 2. The smallest absolute Gasteiger partial charge is 0.335 e. The van der Waals surface area contributed by atoms with Crippen LogP contribution in [0.15, 0.2) is 30.3 Å². The molecule has 1 aliphatic rings. The van der Waals surface area contributed by atoms with Crippen molar-refractivity contribution >= 4 is 5.97 Å². The Labute approximate surface area is 138 Å². The molecule has 2 aromatic carbocycles. The van der Waals surface area contributed by atoms with Crippen LogP contribution >= 0.6 is 0 Å². The summed E-state index contributed by atoms with van der Waals surface area (Å²) in [4.78, 5) is 11.3. The van der Waals surface area contributed by atoms with E-state index in [4.69, 9.17) is 14.6 Å². The second-order valence-electron chi connectivity index (χ2n) is 6.32. The predicted octanol–water partition coefficient (Wildman–Crippen LogP) is 3.52. The summed E-state index contributed by atoms with van der Waals surface area (Å²) < 4.78 is 25.5. The van der Waals surface area contributed by atoms with Gasteiger partial charge in [-0.2, -0.15) is 0 Å². The number of rotatable bonds is 4. The van der Waals surface area contributed by atoms with E-state index in [0.29, 0.717) is 23.3 Å². The van der Waals surface area contributed by atoms with Crippen molar-refractivity contribution in [2.24, 2.45) is 0 Å². The Hall–Kier alpha value is -2.60. The lowest BCUT2D eigenvalue weighted by Crippen LogP contribution is -2.24. The Morgan fingerprint density at radius 2 is 2.04 bits per heavy atom. The summed E-state index contributed by atoms with van der Waals surface area (Å²) in [7, 11) is 0. The van der Waals surface area contributed by atoms with Gasteiger partial charge in [0.2, 0.25) is 0 Å². The highest BCUT2D eigenvalue weighted by molar-refractivity contribution is 5.89. The van der Waals surface area contributed by atoms with Crippen LogP contribution in [-0.2, 0) is 13.0 Å². The number of carbonyl (C=O) groups is 1. The van der Waals surface area contributed by atoms with E-state index in [-0.39, 0.29) is 23.7 Å². The molecule has 0 radical (unpaired) electrons.